The number of hydrogen-bond donors (Lipinski definition) is 3. The first-order chi connectivity index (χ1) is 15.3. The normalized spacial score (nSPS) is 12.7. The van der Waals surface area contributed by atoms with Crippen LogP contribution in [-0.2, 0) is 4.79 Å². The van der Waals surface area contributed by atoms with Gasteiger partial charge in [-0.2, -0.15) is 0 Å². The van der Waals surface area contributed by atoms with Gasteiger partial charge in [0.2, 0.25) is 11.0 Å². The van der Waals surface area contributed by atoms with Gasteiger partial charge in [0.05, 0.1) is 5.02 Å². The Bertz CT molecular complexity index is 1130. The van der Waals surface area contributed by atoms with E-state index < -0.39 is 23.8 Å². The number of benzene rings is 2. The number of carbonyl (C=O) groups excluding carboxylic acids is 2. The van der Waals surface area contributed by atoms with Crippen LogP contribution in [0.25, 0.3) is 10.6 Å². The highest BCUT2D eigenvalue weighted by Gasteiger charge is 2.27. The third kappa shape index (κ3) is 6.15. The molecule has 2 atom stereocenters. The van der Waals surface area contributed by atoms with Gasteiger partial charge in [0.15, 0.2) is 0 Å². The van der Waals surface area contributed by atoms with Crippen molar-refractivity contribution in [2.75, 3.05) is 10.6 Å². The van der Waals surface area contributed by atoms with Crippen LogP contribution in [0.3, 0.4) is 0 Å². The van der Waals surface area contributed by atoms with Gasteiger partial charge in [-0.25, -0.2) is 9.18 Å². The molecule has 32 heavy (non-hydrogen) atoms. The number of aromatic nitrogens is 2. The number of halogens is 3. The van der Waals surface area contributed by atoms with Crippen LogP contribution in [0.2, 0.25) is 10.0 Å². The van der Waals surface area contributed by atoms with E-state index in [9.17, 15) is 14.0 Å². The van der Waals surface area contributed by atoms with Crippen LogP contribution in [-0.4, -0.2) is 28.2 Å². The first-order valence-corrected chi connectivity index (χ1v) is 11.3. The fourth-order valence-corrected chi connectivity index (χ4v) is 3.89. The van der Waals surface area contributed by atoms with Crippen LogP contribution in [0.4, 0.5) is 20.0 Å². The Morgan fingerprint density at radius 1 is 1.12 bits per heavy atom. The lowest BCUT2D eigenvalue weighted by Crippen LogP contribution is -2.49. The molecule has 3 N–H and O–H groups in total. The van der Waals surface area contributed by atoms with Crippen LogP contribution in [0.15, 0.2) is 42.5 Å². The van der Waals surface area contributed by atoms with Crippen molar-refractivity contribution in [1.29, 1.82) is 0 Å². The zero-order chi connectivity index (χ0) is 23.3. The summed E-state index contributed by atoms with van der Waals surface area (Å²) in [6, 6.07) is 9.49. The van der Waals surface area contributed by atoms with E-state index in [1.165, 1.54) is 23.5 Å². The minimum Gasteiger partial charge on any atom is -0.326 e. The molecule has 0 radical (unpaired) electrons. The van der Waals surface area contributed by atoms with Gasteiger partial charge in [-0.05, 0) is 36.2 Å². The minimum absolute atomic E-state index is 0.120. The van der Waals surface area contributed by atoms with E-state index in [0.29, 0.717) is 27.3 Å². The molecule has 1 aromatic heterocycles. The summed E-state index contributed by atoms with van der Waals surface area (Å²) in [4.78, 5) is 25.3. The number of nitrogens with zero attached hydrogens (tertiary/aromatic N) is 2. The number of anilines is 2. The largest absolute Gasteiger partial charge is 0.326 e. The Balaban J connectivity index is 1.68. The molecule has 0 spiro atoms. The Hall–Kier alpha value is -2.75. The molecule has 0 unspecified atom stereocenters. The number of amides is 3. The highest BCUT2D eigenvalue weighted by Crippen LogP contribution is 2.28. The van der Waals surface area contributed by atoms with Gasteiger partial charge in [-0.1, -0.05) is 66.9 Å². The van der Waals surface area contributed by atoms with E-state index in [1.54, 1.807) is 18.2 Å². The molecule has 0 aliphatic rings. The smallest absolute Gasteiger partial charge is 0.319 e. The second-order valence-electron chi connectivity index (χ2n) is 7.00. The van der Waals surface area contributed by atoms with Gasteiger partial charge in [0.25, 0.3) is 0 Å². The lowest BCUT2D eigenvalue weighted by molar-refractivity contribution is -0.119. The Labute approximate surface area is 198 Å². The summed E-state index contributed by atoms with van der Waals surface area (Å²) in [7, 11) is 0. The van der Waals surface area contributed by atoms with Crippen molar-refractivity contribution in [3.8, 4) is 10.6 Å². The molecule has 2 aromatic carbocycles. The number of rotatable bonds is 7. The van der Waals surface area contributed by atoms with Crippen molar-refractivity contribution < 1.29 is 14.0 Å². The number of urea groups is 1. The molecule has 1 heterocycles. The van der Waals surface area contributed by atoms with E-state index in [2.05, 4.69) is 26.1 Å². The van der Waals surface area contributed by atoms with Crippen LogP contribution in [0.5, 0.6) is 0 Å². The lowest BCUT2D eigenvalue weighted by atomic mass is 9.98. The summed E-state index contributed by atoms with van der Waals surface area (Å²) >= 11 is 13.0. The molecule has 11 heteroatoms. The maximum absolute atomic E-state index is 13.3. The standard InChI is InChI=1S/C21H20Cl2FN5O2S/c1-3-11(2)17(26-20(31)25-14-7-8-16(24)15(23)10-14)18(30)27-21-29-28-19(32-21)12-5-4-6-13(22)9-12/h4-11,17H,3H2,1-2H3,(H2,25,26,31)(H,27,29,30)/t11-,17+/m1/s1. The first kappa shape index (κ1) is 23.9. The van der Waals surface area contributed by atoms with E-state index in [4.69, 9.17) is 23.2 Å². The molecule has 0 aliphatic carbocycles. The summed E-state index contributed by atoms with van der Waals surface area (Å²) in [5.41, 5.74) is 1.08. The van der Waals surface area contributed by atoms with Crippen LogP contribution < -0.4 is 16.0 Å². The highest BCUT2D eigenvalue weighted by atomic mass is 35.5. The van der Waals surface area contributed by atoms with Crippen molar-refractivity contribution in [2.24, 2.45) is 5.92 Å². The molecule has 3 rings (SSSR count). The van der Waals surface area contributed by atoms with Crippen molar-refractivity contribution in [2.45, 2.75) is 26.3 Å². The van der Waals surface area contributed by atoms with Crippen molar-refractivity contribution in [3.63, 3.8) is 0 Å². The quantitative estimate of drug-likeness (QED) is 0.384. The van der Waals surface area contributed by atoms with E-state index >= 15 is 0 Å². The molecule has 168 valence electrons. The summed E-state index contributed by atoms with van der Waals surface area (Å²) in [6.45, 7) is 3.75. The Morgan fingerprint density at radius 2 is 1.91 bits per heavy atom. The second kappa shape index (κ2) is 10.7. The molecule has 0 saturated carbocycles. The summed E-state index contributed by atoms with van der Waals surface area (Å²) < 4.78 is 13.3. The molecular formula is C21H20Cl2FN5O2S. The zero-order valence-electron chi connectivity index (χ0n) is 17.2. The molecule has 0 bridgehead atoms. The third-order valence-electron chi connectivity index (χ3n) is 4.69. The topological polar surface area (TPSA) is 96.0 Å². The van der Waals surface area contributed by atoms with Crippen molar-refractivity contribution in [1.82, 2.24) is 15.5 Å². The van der Waals surface area contributed by atoms with Gasteiger partial charge < -0.3 is 10.6 Å². The predicted molar refractivity (Wildman–Crippen MR) is 126 cm³/mol. The molecular weight excluding hydrogens is 476 g/mol. The highest BCUT2D eigenvalue weighted by molar-refractivity contribution is 7.18. The van der Waals surface area contributed by atoms with Gasteiger partial charge in [-0.3, -0.25) is 10.1 Å². The Kier molecular flexibility index (Phi) is 8.00. The number of hydrogen-bond acceptors (Lipinski definition) is 5. The maximum Gasteiger partial charge on any atom is 0.319 e. The summed E-state index contributed by atoms with van der Waals surface area (Å²) in [5.74, 6) is -1.19. The van der Waals surface area contributed by atoms with E-state index in [1.807, 2.05) is 19.9 Å². The lowest BCUT2D eigenvalue weighted by Gasteiger charge is -2.23. The third-order valence-corrected chi connectivity index (χ3v) is 6.10. The average Bonchev–Trinajstić information content (AvgIpc) is 3.22. The van der Waals surface area contributed by atoms with Gasteiger partial charge in [0.1, 0.15) is 16.9 Å². The van der Waals surface area contributed by atoms with Gasteiger partial charge in [-0.15, -0.1) is 10.2 Å². The second-order valence-corrected chi connectivity index (χ2v) is 8.82. The fourth-order valence-electron chi connectivity index (χ4n) is 2.78. The zero-order valence-corrected chi connectivity index (χ0v) is 19.5. The van der Waals surface area contributed by atoms with Gasteiger partial charge >= 0.3 is 6.03 Å². The van der Waals surface area contributed by atoms with E-state index in [-0.39, 0.29) is 10.9 Å². The van der Waals surface area contributed by atoms with Crippen molar-refractivity contribution >= 4 is 57.3 Å². The molecule has 0 saturated heterocycles. The van der Waals surface area contributed by atoms with Gasteiger partial charge in [0, 0.05) is 16.3 Å². The monoisotopic (exact) mass is 495 g/mol. The summed E-state index contributed by atoms with van der Waals surface area (Å²) in [6.07, 6.45) is 0.643. The summed E-state index contributed by atoms with van der Waals surface area (Å²) in [5, 5.41) is 17.4. The fraction of sp³-hybridized carbons (Fsp3) is 0.238. The van der Waals surface area contributed by atoms with Crippen LogP contribution >= 0.6 is 34.5 Å². The molecule has 3 amide bonds. The van der Waals surface area contributed by atoms with Crippen LogP contribution in [0, 0.1) is 11.7 Å². The van der Waals surface area contributed by atoms with E-state index in [0.717, 1.165) is 11.6 Å². The molecule has 0 fully saturated rings. The van der Waals surface area contributed by atoms with Crippen molar-refractivity contribution in [3.05, 3.63) is 58.3 Å². The Morgan fingerprint density at radius 3 is 2.59 bits per heavy atom. The molecule has 3 aromatic rings. The minimum atomic E-state index is -0.838. The average molecular weight is 496 g/mol. The SMILES string of the molecule is CC[C@@H](C)[C@H](NC(=O)Nc1ccc(F)c(Cl)c1)C(=O)Nc1nnc(-c2cccc(Cl)c2)s1. The van der Waals surface area contributed by atoms with Crippen LogP contribution in [0.1, 0.15) is 20.3 Å². The number of carbonyl (C=O) groups is 2. The first-order valence-electron chi connectivity index (χ1n) is 9.69. The maximum atomic E-state index is 13.3. The number of nitrogens with one attached hydrogen (secondary N) is 3. The molecule has 7 nitrogen and oxygen atoms in total. The molecule has 0 aliphatic heterocycles. The predicted octanol–water partition coefficient (Wildman–Crippen LogP) is 5.83.